The Kier molecular flexibility index (Phi) is 9.36. The number of hydrogen-bond donors (Lipinski definition) is 0. The molecule has 13 aromatic carbocycles. The largest absolute Gasteiger partial charge is 0.455 e. The summed E-state index contributed by atoms with van der Waals surface area (Å²) in [5.41, 5.74) is 13.6. The van der Waals surface area contributed by atoms with Crippen molar-refractivity contribution >= 4 is 151 Å². The highest BCUT2D eigenvalue weighted by atomic mass is 32.1. The molecule has 19 rings (SSSR count). The number of fused-ring (bicyclic) bond motifs is 24. The maximum absolute atomic E-state index is 6.76. The van der Waals surface area contributed by atoms with E-state index in [1.54, 1.807) is 0 Å². The van der Waals surface area contributed by atoms with Gasteiger partial charge in [0.1, 0.15) is 11.2 Å². The van der Waals surface area contributed by atoms with Crippen LogP contribution in [0.2, 0.25) is 0 Å². The number of nitrogens with zero attached hydrogens (tertiary/aromatic N) is 6. The molecule has 0 spiro atoms. The highest BCUT2D eigenvalue weighted by molar-refractivity contribution is 7.27. The third-order valence-corrected chi connectivity index (χ3v) is 18.7. The Balaban J connectivity index is 0.911. The Hall–Kier alpha value is -11.1. The lowest BCUT2D eigenvalue weighted by atomic mass is 9.92. The highest BCUT2D eigenvalue weighted by Crippen LogP contribution is 2.51. The minimum Gasteiger partial charge on any atom is -0.455 e. The topological polar surface area (TPSA) is 74.6 Å². The molecule has 84 heavy (non-hydrogen) atoms. The average Bonchev–Trinajstić information content (AvgIpc) is 1.92. The van der Waals surface area contributed by atoms with Gasteiger partial charge in [0.2, 0.25) is 11.9 Å². The van der Waals surface area contributed by atoms with E-state index in [2.05, 4.69) is 258 Å². The SMILES string of the molecule is c1ccc(-c2nc(-n3c4ccccc4c4c5cc(-c6cccc7nc(-n8c9ccccc9c9c%10c%11ccccc%11oc%10c%10ccccc%10c98)nc(-c8ccccc8)c67)ccc5c5c6ccccc6sc5c43)nc3c2ccc2ccccc23)cc1. The van der Waals surface area contributed by atoms with Crippen LogP contribution in [0.15, 0.2) is 259 Å². The van der Waals surface area contributed by atoms with Gasteiger partial charge in [-0.3, -0.25) is 9.13 Å². The number of aromatic nitrogens is 6. The monoisotopic (exact) mass is 1090 g/mol. The molecule has 0 saturated carbocycles. The van der Waals surface area contributed by atoms with Crippen LogP contribution < -0.4 is 0 Å². The van der Waals surface area contributed by atoms with Crippen molar-refractivity contribution in [3.63, 3.8) is 0 Å². The number of para-hydroxylation sites is 3. The molecule has 0 atom stereocenters. The van der Waals surface area contributed by atoms with Gasteiger partial charge in [0.05, 0.1) is 49.2 Å². The van der Waals surface area contributed by atoms with Gasteiger partial charge in [0.15, 0.2) is 0 Å². The number of furan rings is 1. The molecule has 8 heteroatoms. The summed E-state index contributed by atoms with van der Waals surface area (Å²) in [5, 5.41) is 17.8. The van der Waals surface area contributed by atoms with Crippen LogP contribution in [-0.2, 0) is 0 Å². The lowest BCUT2D eigenvalue weighted by Gasteiger charge is -2.16. The standard InChI is InChI=1S/C76H42N6OS/c1-3-21-44(22-4-1)68-56-41-38-43-20-7-8-25-48(43)70(56)80-76(78-68)82-59-34-15-11-28-52(59)63-57-42-46(39-40-49(57)64-55-31-14-18-37-62(55)84-74(64)72(63)82)47-32-19-33-58-65(47)69(45-23-5-2-6-24-45)79-75(77-58)81-60-35-16-12-29-53(60)66-67-54-30-13-17-36-61(54)83-73(67)51-27-10-9-26-50(51)71(66)81/h1-42H. The molecule has 19 aromatic rings. The quantitative estimate of drug-likeness (QED) is 0.161. The Morgan fingerprint density at radius 2 is 0.940 bits per heavy atom. The normalized spacial score (nSPS) is 12.3. The molecule has 0 aliphatic rings. The van der Waals surface area contributed by atoms with Crippen molar-refractivity contribution in [1.29, 1.82) is 0 Å². The Bertz CT molecular complexity index is 6050. The first-order valence-corrected chi connectivity index (χ1v) is 29.2. The molecule has 6 aromatic heterocycles. The van der Waals surface area contributed by atoms with Gasteiger partial charge in [-0.05, 0) is 69.8 Å². The summed E-state index contributed by atoms with van der Waals surface area (Å²) in [6, 6.07) is 91.0. The summed E-state index contributed by atoms with van der Waals surface area (Å²) in [6.45, 7) is 0. The van der Waals surface area contributed by atoms with Crippen molar-refractivity contribution in [2.75, 3.05) is 0 Å². The van der Waals surface area contributed by atoms with E-state index >= 15 is 0 Å². The first-order valence-electron chi connectivity index (χ1n) is 28.4. The maximum atomic E-state index is 6.76. The summed E-state index contributed by atoms with van der Waals surface area (Å²) >= 11 is 1.84. The van der Waals surface area contributed by atoms with Crippen LogP contribution in [-0.4, -0.2) is 29.1 Å². The predicted octanol–water partition coefficient (Wildman–Crippen LogP) is 20.5. The molecular formula is C76H42N6OS. The van der Waals surface area contributed by atoms with E-state index in [0.717, 1.165) is 148 Å². The van der Waals surface area contributed by atoms with Gasteiger partial charge < -0.3 is 4.42 Å². The molecule has 0 radical (unpaired) electrons. The van der Waals surface area contributed by atoms with Crippen LogP contribution in [0.25, 0.3) is 185 Å². The third kappa shape index (κ3) is 6.29. The predicted molar refractivity (Wildman–Crippen MR) is 350 cm³/mol. The minimum absolute atomic E-state index is 0.598. The summed E-state index contributed by atoms with van der Waals surface area (Å²) in [5.74, 6) is 1.23. The van der Waals surface area contributed by atoms with E-state index in [-0.39, 0.29) is 0 Å². The van der Waals surface area contributed by atoms with Crippen molar-refractivity contribution in [3.05, 3.63) is 255 Å². The van der Waals surface area contributed by atoms with Gasteiger partial charge in [-0.15, -0.1) is 11.3 Å². The Morgan fingerprint density at radius 1 is 0.333 bits per heavy atom. The molecule has 0 N–H and O–H groups in total. The van der Waals surface area contributed by atoms with E-state index < -0.39 is 0 Å². The fraction of sp³-hybridized carbons (Fsp3) is 0. The molecule has 388 valence electrons. The Morgan fingerprint density at radius 3 is 1.74 bits per heavy atom. The minimum atomic E-state index is 0.598. The van der Waals surface area contributed by atoms with E-state index in [9.17, 15) is 0 Å². The summed E-state index contributed by atoms with van der Waals surface area (Å²) in [7, 11) is 0. The molecule has 0 amide bonds. The molecule has 0 unspecified atom stereocenters. The molecule has 6 heterocycles. The number of rotatable bonds is 5. The fourth-order valence-electron chi connectivity index (χ4n) is 14.0. The zero-order valence-electron chi connectivity index (χ0n) is 44.7. The zero-order valence-corrected chi connectivity index (χ0v) is 45.6. The van der Waals surface area contributed by atoms with E-state index in [4.69, 9.17) is 24.4 Å². The van der Waals surface area contributed by atoms with E-state index in [1.165, 1.54) is 25.6 Å². The first-order chi connectivity index (χ1) is 41.7. The van der Waals surface area contributed by atoms with Crippen LogP contribution in [0.1, 0.15) is 0 Å². The van der Waals surface area contributed by atoms with Crippen molar-refractivity contribution in [1.82, 2.24) is 29.1 Å². The van der Waals surface area contributed by atoms with Crippen LogP contribution in [0, 0.1) is 0 Å². The van der Waals surface area contributed by atoms with Gasteiger partial charge in [-0.25, -0.2) is 19.9 Å². The second-order valence-electron chi connectivity index (χ2n) is 21.9. The molecule has 0 aliphatic heterocycles. The smallest absolute Gasteiger partial charge is 0.235 e. The van der Waals surface area contributed by atoms with Crippen LogP contribution >= 0.6 is 11.3 Å². The van der Waals surface area contributed by atoms with Gasteiger partial charge in [-0.2, -0.15) is 0 Å². The van der Waals surface area contributed by atoms with Crippen molar-refractivity contribution in [2.45, 2.75) is 0 Å². The zero-order chi connectivity index (χ0) is 54.7. The molecule has 0 saturated heterocycles. The van der Waals surface area contributed by atoms with Gasteiger partial charge >= 0.3 is 0 Å². The molecule has 7 nitrogen and oxygen atoms in total. The Labute approximate surface area is 482 Å². The van der Waals surface area contributed by atoms with Gasteiger partial charge in [-0.1, -0.05) is 212 Å². The van der Waals surface area contributed by atoms with Crippen LogP contribution in [0.5, 0.6) is 0 Å². The third-order valence-electron chi connectivity index (χ3n) is 17.5. The summed E-state index contributed by atoms with van der Waals surface area (Å²) < 4.78 is 13.8. The second-order valence-corrected chi connectivity index (χ2v) is 23.0. The number of thiophene rings is 1. The van der Waals surface area contributed by atoms with Crippen molar-refractivity contribution in [3.8, 4) is 45.5 Å². The average molecular weight is 1090 g/mol. The van der Waals surface area contributed by atoms with E-state index in [1.807, 2.05) is 17.4 Å². The lowest BCUT2D eigenvalue weighted by Crippen LogP contribution is -2.04. The highest BCUT2D eigenvalue weighted by Gasteiger charge is 2.28. The maximum Gasteiger partial charge on any atom is 0.235 e. The fourth-order valence-corrected chi connectivity index (χ4v) is 15.2. The summed E-state index contributed by atoms with van der Waals surface area (Å²) in [6.07, 6.45) is 0. The van der Waals surface area contributed by atoms with Crippen LogP contribution in [0.3, 0.4) is 0 Å². The summed E-state index contributed by atoms with van der Waals surface area (Å²) in [4.78, 5) is 22.7. The van der Waals surface area contributed by atoms with E-state index in [0.29, 0.717) is 11.9 Å². The molecule has 0 bridgehead atoms. The van der Waals surface area contributed by atoms with Gasteiger partial charge in [0.25, 0.3) is 0 Å². The van der Waals surface area contributed by atoms with Crippen LogP contribution in [0.4, 0.5) is 0 Å². The second kappa shape index (κ2) is 17.2. The molecule has 0 aliphatic carbocycles. The lowest BCUT2D eigenvalue weighted by molar-refractivity contribution is 0.673. The number of benzene rings is 13. The van der Waals surface area contributed by atoms with Gasteiger partial charge in [0, 0.05) is 85.8 Å². The molecular weight excluding hydrogens is 1040 g/mol. The number of hydrogen-bond acceptors (Lipinski definition) is 6. The van der Waals surface area contributed by atoms with Crippen molar-refractivity contribution < 1.29 is 4.42 Å². The first kappa shape index (κ1) is 45.6. The molecule has 0 fully saturated rings. The van der Waals surface area contributed by atoms with Crippen molar-refractivity contribution in [2.24, 2.45) is 0 Å².